The van der Waals surface area contributed by atoms with Gasteiger partial charge in [0.1, 0.15) is 0 Å². The topological polar surface area (TPSA) is 42.7 Å². The highest BCUT2D eigenvalue weighted by molar-refractivity contribution is 7.11. The zero-order chi connectivity index (χ0) is 12.6. The van der Waals surface area contributed by atoms with Crippen LogP contribution in [0.1, 0.15) is 34.2 Å². The van der Waals surface area contributed by atoms with Gasteiger partial charge in [-0.25, -0.2) is 9.97 Å². The van der Waals surface area contributed by atoms with Crippen LogP contribution in [-0.2, 0) is 0 Å². The summed E-state index contributed by atoms with van der Waals surface area (Å²) in [7, 11) is 1.90. The lowest BCUT2D eigenvalue weighted by Crippen LogP contribution is -2.09. The first-order valence-corrected chi connectivity index (χ1v) is 6.51. The third-order valence-corrected chi connectivity index (χ3v) is 4.06. The molecule has 92 valence electrons. The maximum Gasteiger partial charge on any atom is 0.203 e. The number of imidazole rings is 1. The van der Waals surface area contributed by atoms with Gasteiger partial charge in [0.15, 0.2) is 0 Å². The van der Waals surface area contributed by atoms with Crippen molar-refractivity contribution in [3.05, 3.63) is 27.5 Å². The van der Waals surface area contributed by atoms with Gasteiger partial charge in [0.25, 0.3) is 0 Å². The summed E-state index contributed by atoms with van der Waals surface area (Å²) in [5.74, 6) is 0.903. The Labute approximate surface area is 106 Å². The number of nitrogens with zero attached hydrogens (tertiary/aromatic N) is 3. The van der Waals surface area contributed by atoms with Crippen molar-refractivity contribution in [3.8, 4) is 0 Å². The van der Waals surface area contributed by atoms with Crippen molar-refractivity contribution < 1.29 is 0 Å². The second-order valence-electron chi connectivity index (χ2n) is 4.22. The van der Waals surface area contributed by atoms with E-state index in [0.717, 1.165) is 22.3 Å². The molecule has 1 N–H and O–H groups in total. The molecule has 2 heterocycles. The maximum absolute atomic E-state index is 4.48. The highest BCUT2D eigenvalue weighted by Gasteiger charge is 2.17. The van der Waals surface area contributed by atoms with Crippen LogP contribution < -0.4 is 5.32 Å². The zero-order valence-corrected chi connectivity index (χ0v) is 11.7. The summed E-state index contributed by atoms with van der Waals surface area (Å²) in [6.07, 6.45) is 2.07. The fourth-order valence-electron chi connectivity index (χ4n) is 2.06. The minimum absolute atomic E-state index is 0.268. The normalized spacial score (nSPS) is 12.8. The molecule has 0 saturated heterocycles. The van der Waals surface area contributed by atoms with Gasteiger partial charge in [-0.05, 0) is 27.7 Å². The van der Waals surface area contributed by atoms with Gasteiger partial charge in [-0.1, -0.05) is 0 Å². The number of aryl methyl sites for hydroxylation is 3. The highest BCUT2D eigenvalue weighted by Crippen LogP contribution is 2.29. The Bertz CT molecular complexity index is 527. The Morgan fingerprint density at radius 2 is 2.00 bits per heavy atom. The average molecular weight is 250 g/mol. The molecule has 2 rings (SSSR count). The zero-order valence-electron chi connectivity index (χ0n) is 10.9. The predicted octanol–water partition coefficient (Wildman–Crippen LogP) is 2.92. The van der Waals surface area contributed by atoms with E-state index >= 15 is 0 Å². The van der Waals surface area contributed by atoms with Crippen molar-refractivity contribution in [2.45, 2.75) is 33.7 Å². The SMILES string of the molecule is CNc1nc(C)cn1C(C)c1sc(C)nc1C. The van der Waals surface area contributed by atoms with E-state index in [4.69, 9.17) is 0 Å². The van der Waals surface area contributed by atoms with Crippen molar-refractivity contribution in [3.63, 3.8) is 0 Å². The van der Waals surface area contributed by atoms with E-state index in [1.165, 1.54) is 4.88 Å². The molecule has 5 heteroatoms. The van der Waals surface area contributed by atoms with E-state index in [2.05, 4.69) is 39.9 Å². The van der Waals surface area contributed by atoms with Gasteiger partial charge in [0.2, 0.25) is 5.95 Å². The highest BCUT2D eigenvalue weighted by atomic mass is 32.1. The fourth-order valence-corrected chi connectivity index (χ4v) is 3.04. The summed E-state index contributed by atoms with van der Waals surface area (Å²) in [4.78, 5) is 10.2. The summed E-state index contributed by atoms with van der Waals surface area (Å²) in [5, 5.41) is 4.25. The largest absolute Gasteiger partial charge is 0.359 e. The first-order chi connectivity index (χ1) is 8.02. The molecule has 0 aliphatic heterocycles. The van der Waals surface area contributed by atoms with Crippen molar-refractivity contribution in [1.29, 1.82) is 0 Å². The summed E-state index contributed by atoms with van der Waals surface area (Å²) in [5.41, 5.74) is 2.15. The quantitative estimate of drug-likeness (QED) is 0.910. The third kappa shape index (κ3) is 2.20. The van der Waals surface area contributed by atoms with Gasteiger partial charge in [0, 0.05) is 13.2 Å². The summed E-state index contributed by atoms with van der Waals surface area (Å²) in [6.45, 7) is 8.31. The Morgan fingerprint density at radius 1 is 1.29 bits per heavy atom. The molecule has 2 aromatic heterocycles. The van der Waals surface area contributed by atoms with E-state index in [9.17, 15) is 0 Å². The Morgan fingerprint density at radius 3 is 2.53 bits per heavy atom. The van der Waals surface area contributed by atoms with Crippen LogP contribution in [0.2, 0.25) is 0 Å². The molecule has 0 spiro atoms. The van der Waals surface area contributed by atoms with Gasteiger partial charge in [-0.2, -0.15) is 0 Å². The van der Waals surface area contributed by atoms with Gasteiger partial charge in [-0.3, -0.25) is 0 Å². The minimum atomic E-state index is 0.268. The lowest BCUT2D eigenvalue weighted by atomic mass is 10.2. The minimum Gasteiger partial charge on any atom is -0.359 e. The molecule has 0 saturated carbocycles. The molecule has 1 atom stereocenters. The summed E-state index contributed by atoms with van der Waals surface area (Å²) >= 11 is 1.76. The number of rotatable bonds is 3. The van der Waals surface area contributed by atoms with Crippen LogP contribution in [-0.4, -0.2) is 21.6 Å². The van der Waals surface area contributed by atoms with Gasteiger partial charge < -0.3 is 9.88 Å². The maximum atomic E-state index is 4.48. The number of hydrogen-bond acceptors (Lipinski definition) is 4. The number of thiazole rings is 1. The van der Waals surface area contributed by atoms with Gasteiger partial charge in [0.05, 0.1) is 27.3 Å². The number of anilines is 1. The molecule has 0 fully saturated rings. The monoisotopic (exact) mass is 250 g/mol. The smallest absolute Gasteiger partial charge is 0.203 e. The van der Waals surface area contributed by atoms with Crippen molar-refractivity contribution in [2.24, 2.45) is 0 Å². The van der Waals surface area contributed by atoms with Crippen molar-refractivity contribution in [1.82, 2.24) is 14.5 Å². The lowest BCUT2D eigenvalue weighted by Gasteiger charge is -2.14. The van der Waals surface area contributed by atoms with Crippen LogP contribution >= 0.6 is 11.3 Å². The first-order valence-electron chi connectivity index (χ1n) is 5.70. The standard InChI is InChI=1S/C12H18N4S/c1-7-6-16(12(13-5)14-7)9(3)11-8(2)15-10(4)17-11/h6,9H,1-5H3,(H,13,14). The van der Waals surface area contributed by atoms with E-state index < -0.39 is 0 Å². The molecule has 2 aromatic rings. The van der Waals surface area contributed by atoms with Crippen molar-refractivity contribution >= 4 is 17.3 Å². The molecule has 0 amide bonds. The average Bonchev–Trinajstić information content (AvgIpc) is 2.80. The molecule has 0 bridgehead atoms. The Hall–Kier alpha value is -1.36. The molecule has 0 radical (unpaired) electrons. The molecular weight excluding hydrogens is 232 g/mol. The van der Waals surface area contributed by atoms with E-state index in [1.807, 2.05) is 20.9 Å². The van der Waals surface area contributed by atoms with E-state index in [0.29, 0.717) is 0 Å². The lowest BCUT2D eigenvalue weighted by molar-refractivity contribution is 0.651. The Kier molecular flexibility index (Phi) is 3.19. The van der Waals surface area contributed by atoms with E-state index in [1.54, 1.807) is 11.3 Å². The summed E-state index contributed by atoms with van der Waals surface area (Å²) < 4.78 is 2.16. The first kappa shape index (κ1) is 12.1. The van der Waals surface area contributed by atoms with Crippen LogP contribution in [0.25, 0.3) is 0 Å². The second kappa shape index (κ2) is 4.49. The number of aromatic nitrogens is 3. The van der Waals surface area contributed by atoms with Crippen LogP contribution in [0, 0.1) is 20.8 Å². The molecule has 0 aliphatic rings. The number of hydrogen-bond donors (Lipinski definition) is 1. The Balaban J connectivity index is 2.42. The van der Waals surface area contributed by atoms with Crippen LogP contribution in [0.5, 0.6) is 0 Å². The van der Waals surface area contributed by atoms with Crippen LogP contribution in [0.3, 0.4) is 0 Å². The van der Waals surface area contributed by atoms with Gasteiger partial charge in [-0.15, -0.1) is 11.3 Å². The molecule has 0 aromatic carbocycles. The molecule has 4 nitrogen and oxygen atoms in total. The van der Waals surface area contributed by atoms with Crippen molar-refractivity contribution in [2.75, 3.05) is 12.4 Å². The van der Waals surface area contributed by atoms with Crippen LogP contribution in [0.15, 0.2) is 6.20 Å². The predicted molar refractivity (Wildman–Crippen MR) is 71.9 cm³/mol. The number of nitrogens with one attached hydrogen (secondary N) is 1. The van der Waals surface area contributed by atoms with E-state index in [-0.39, 0.29) is 6.04 Å². The molecule has 0 aliphatic carbocycles. The molecule has 1 unspecified atom stereocenters. The third-order valence-electron chi connectivity index (χ3n) is 2.81. The second-order valence-corrected chi connectivity index (χ2v) is 5.46. The van der Waals surface area contributed by atoms with Gasteiger partial charge >= 0.3 is 0 Å². The summed E-state index contributed by atoms with van der Waals surface area (Å²) in [6, 6.07) is 0.268. The molecule has 17 heavy (non-hydrogen) atoms. The molecular formula is C12H18N4S. The van der Waals surface area contributed by atoms with Crippen LogP contribution in [0.4, 0.5) is 5.95 Å². The fraction of sp³-hybridized carbons (Fsp3) is 0.500.